The van der Waals surface area contributed by atoms with Crippen LogP contribution in [0.15, 0.2) is 0 Å². The van der Waals surface area contributed by atoms with Gasteiger partial charge in [-0.1, -0.05) is 26.7 Å². The summed E-state index contributed by atoms with van der Waals surface area (Å²) in [5, 5.41) is 0. The summed E-state index contributed by atoms with van der Waals surface area (Å²) in [6.45, 7) is 10.3. The van der Waals surface area contributed by atoms with Gasteiger partial charge in [0, 0.05) is 0 Å². The summed E-state index contributed by atoms with van der Waals surface area (Å²) in [6, 6.07) is 0. The first-order valence-corrected chi connectivity index (χ1v) is 8.46. The van der Waals surface area contributed by atoms with E-state index in [0.717, 1.165) is 36.7 Å². The molecule has 20 heavy (non-hydrogen) atoms. The predicted octanol–water partition coefficient (Wildman–Crippen LogP) is 3.77. The molecule has 0 aromatic carbocycles. The summed E-state index contributed by atoms with van der Waals surface area (Å²) in [6.07, 6.45) is 8.05. The molecule has 0 bridgehead atoms. The number of piperidine rings is 1. The Hall–Kier alpha value is -0.570. The van der Waals surface area contributed by atoms with Crippen molar-refractivity contribution in [2.45, 2.75) is 65.7 Å². The van der Waals surface area contributed by atoms with Gasteiger partial charge in [0.25, 0.3) is 0 Å². The van der Waals surface area contributed by atoms with E-state index in [-0.39, 0.29) is 11.4 Å². The second-order valence-electron chi connectivity index (χ2n) is 7.00. The maximum Gasteiger partial charge on any atom is 0.311 e. The largest absolute Gasteiger partial charge is 0.459 e. The fourth-order valence-electron chi connectivity index (χ4n) is 3.02. The van der Waals surface area contributed by atoms with Crippen LogP contribution in [0.1, 0.15) is 65.7 Å². The molecule has 0 aromatic heterocycles. The van der Waals surface area contributed by atoms with Crippen molar-refractivity contribution >= 4 is 5.97 Å². The molecule has 1 fully saturated rings. The van der Waals surface area contributed by atoms with E-state index in [0.29, 0.717) is 6.61 Å². The van der Waals surface area contributed by atoms with Gasteiger partial charge in [0.2, 0.25) is 0 Å². The Bertz CT molecular complexity index is 297. The van der Waals surface area contributed by atoms with Crippen molar-refractivity contribution in [3.05, 3.63) is 0 Å². The molecule has 0 amide bonds. The maximum atomic E-state index is 12.3. The van der Waals surface area contributed by atoms with Gasteiger partial charge in [-0.2, -0.15) is 0 Å². The fraction of sp³-hybridized carbons (Fsp3) is 0.941. The highest BCUT2D eigenvalue weighted by molar-refractivity contribution is 5.76. The zero-order valence-electron chi connectivity index (χ0n) is 14.0. The zero-order valence-corrected chi connectivity index (χ0v) is 14.0. The van der Waals surface area contributed by atoms with Crippen LogP contribution < -0.4 is 0 Å². The zero-order chi connectivity index (χ0) is 15.1. The van der Waals surface area contributed by atoms with E-state index < -0.39 is 0 Å². The molecule has 1 atom stereocenters. The average molecular weight is 284 g/mol. The number of nitrogens with zero attached hydrogens (tertiary/aromatic N) is 1. The minimum Gasteiger partial charge on any atom is -0.459 e. The van der Waals surface area contributed by atoms with Crippen LogP contribution in [-0.2, 0) is 9.53 Å². The highest BCUT2D eigenvalue weighted by atomic mass is 16.5. The molecule has 1 unspecified atom stereocenters. The molecule has 3 heteroatoms. The Morgan fingerprint density at radius 2 is 1.85 bits per heavy atom. The normalized spacial score (nSPS) is 21.2. The van der Waals surface area contributed by atoms with E-state index in [1.165, 1.54) is 32.4 Å². The number of hydrogen-bond donors (Lipinski definition) is 0. The monoisotopic (exact) mass is 284 g/mol. The highest BCUT2D eigenvalue weighted by Gasteiger charge is 2.33. The molecule has 1 saturated heterocycles. The third-order valence-corrected chi connectivity index (χ3v) is 5.12. The third kappa shape index (κ3) is 5.08. The van der Waals surface area contributed by atoms with Crippen molar-refractivity contribution < 1.29 is 14.0 Å². The van der Waals surface area contributed by atoms with Crippen molar-refractivity contribution in [3.8, 4) is 0 Å². The van der Waals surface area contributed by atoms with E-state index in [1.54, 1.807) is 0 Å². The number of rotatable bonds is 8. The predicted molar refractivity (Wildman–Crippen MR) is 83.5 cm³/mol. The SMILES string of the molecule is CCCCC(C)(CC)C(=O)OCC[N+]1(C)CCCCC1. The smallest absolute Gasteiger partial charge is 0.311 e. The molecule has 0 saturated carbocycles. The van der Waals surface area contributed by atoms with Gasteiger partial charge < -0.3 is 9.22 Å². The van der Waals surface area contributed by atoms with Crippen LogP contribution in [0.25, 0.3) is 0 Å². The lowest BCUT2D eigenvalue weighted by Gasteiger charge is -2.37. The van der Waals surface area contributed by atoms with Gasteiger partial charge in [0.15, 0.2) is 0 Å². The Kier molecular flexibility index (Phi) is 7.01. The molecule has 0 N–H and O–H groups in total. The lowest BCUT2D eigenvalue weighted by molar-refractivity contribution is -0.914. The quantitative estimate of drug-likeness (QED) is 0.501. The second-order valence-corrected chi connectivity index (χ2v) is 7.00. The molecule has 118 valence electrons. The number of unbranched alkanes of at least 4 members (excludes halogenated alkanes) is 1. The summed E-state index contributed by atoms with van der Waals surface area (Å²) in [5.74, 6) is 0.0112. The fourth-order valence-corrected chi connectivity index (χ4v) is 3.02. The number of carbonyl (C=O) groups excluding carboxylic acids is 1. The molecular formula is C17H34NO2+. The minimum atomic E-state index is -0.281. The Morgan fingerprint density at radius 1 is 1.20 bits per heavy atom. The van der Waals surface area contributed by atoms with Crippen molar-refractivity contribution in [1.29, 1.82) is 0 Å². The number of hydrogen-bond acceptors (Lipinski definition) is 2. The number of likely N-dealkylation sites (N-methyl/N-ethyl adjacent to an activating group) is 1. The maximum absolute atomic E-state index is 12.3. The van der Waals surface area contributed by atoms with E-state index in [2.05, 4.69) is 27.8 Å². The molecule has 1 heterocycles. The third-order valence-electron chi connectivity index (χ3n) is 5.12. The average Bonchev–Trinajstić information content (AvgIpc) is 2.45. The molecule has 1 rings (SSSR count). The molecule has 1 aliphatic rings. The van der Waals surface area contributed by atoms with Crippen molar-refractivity contribution in [3.63, 3.8) is 0 Å². The van der Waals surface area contributed by atoms with Crippen molar-refractivity contribution in [2.75, 3.05) is 33.3 Å². The van der Waals surface area contributed by atoms with Gasteiger partial charge in [0.1, 0.15) is 13.2 Å². The lowest BCUT2D eigenvalue weighted by Crippen LogP contribution is -2.50. The summed E-state index contributed by atoms with van der Waals surface area (Å²) in [4.78, 5) is 12.3. The molecule has 1 aliphatic heterocycles. The van der Waals surface area contributed by atoms with Crippen LogP contribution in [0.3, 0.4) is 0 Å². The number of carbonyl (C=O) groups is 1. The Balaban J connectivity index is 2.37. The van der Waals surface area contributed by atoms with Crippen LogP contribution in [0.5, 0.6) is 0 Å². The van der Waals surface area contributed by atoms with Crippen molar-refractivity contribution in [2.24, 2.45) is 5.41 Å². The minimum absolute atomic E-state index is 0.0112. The van der Waals surface area contributed by atoms with Crippen LogP contribution >= 0.6 is 0 Å². The summed E-state index contributed by atoms with van der Waals surface area (Å²) in [5.41, 5.74) is -0.281. The highest BCUT2D eigenvalue weighted by Crippen LogP contribution is 2.29. The van der Waals surface area contributed by atoms with Gasteiger partial charge in [-0.15, -0.1) is 0 Å². The van der Waals surface area contributed by atoms with Crippen LogP contribution in [-0.4, -0.2) is 43.7 Å². The Labute approximate surface area is 125 Å². The van der Waals surface area contributed by atoms with Crippen LogP contribution in [0.2, 0.25) is 0 Å². The van der Waals surface area contributed by atoms with E-state index >= 15 is 0 Å². The molecule has 3 nitrogen and oxygen atoms in total. The first-order valence-electron chi connectivity index (χ1n) is 8.46. The first kappa shape index (κ1) is 17.5. The number of ether oxygens (including phenoxy) is 1. The lowest BCUT2D eigenvalue weighted by atomic mass is 9.82. The van der Waals surface area contributed by atoms with Crippen LogP contribution in [0, 0.1) is 5.41 Å². The number of esters is 1. The standard InChI is InChI=1S/C17H34NO2/c1-5-7-11-17(3,6-2)16(19)20-15-14-18(4)12-9-8-10-13-18/h5-15H2,1-4H3/q+1. The van der Waals surface area contributed by atoms with Crippen LogP contribution in [0.4, 0.5) is 0 Å². The van der Waals surface area contributed by atoms with E-state index in [1.807, 2.05) is 0 Å². The number of quaternary nitrogens is 1. The van der Waals surface area contributed by atoms with Gasteiger partial charge in [-0.05, 0) is 39.0 Å². The van der Waals surface area contributed by atoms with Gasteiger partial charge >= 0.3 is 5.97 Å². The second kappa shape index (κ2) is 8.02. The first-order chi connectivity index (χ1) is 9.46. The molecule has 0 radical (unpaired) electrons. The van der Waals surface area contributed by atoms with Crippen molar-refractivity contribution in [1.82, 2.24) is 0 Å². The topological polar surface area (TPSA) is 26.3 Å². The molecular weight excluding hydrogens is 250 g/mol. The molecule has 0 spiro atoms. The van der Waals surface area contributed by atoms with Gasteiger partial charge in [0.05, 0.1) is 25.6 Å². The van der Waals surface area contributed by atoms with E-state index in [9.17, 15) is 4.79 Å². The van der Waals surface area contributed by atoms with E-state index in [4.69, 9.17) is 4.74 Å². The summed E-state index contributed by atoms with van der Waals surface area (Å²) >= 11 is 0. The summed E-state index contributed by atoms with van der Waals surface area (Å²) < 4.78 is 6.68. The van der Waals surface area contributed by atoms with Gasteiger partial charge in [-0.25, -0.2) is 0 Å². The molecule has 0 aliphatic carbocycles. The van der Waals surface area contributed by atoms with Gasteiger partial charge in [-0.3, -0.25) is 4.79 Å². The molecule has 0 aromatic rings. The Morgan fingerprint density at radius 3 is 2.40 bits per heavy atom. The number of likely N-dealkylation sites (tertiary alicyclic amines) is 1. The summed E-state index contributed by atoms with van der Waals surface area (Å²) in [7, 11) is 2.29.